The minimum absolute atomic E-state index is 0.00429. The molecule has 4 N–H and O–H groups in total. The van der Waals surface area contributed by atoms with Crippen LogP contribution in [0, 0.1) is 17.8 Å². The van der Waals surface area contributed by atoms with Crippen molar-refractivity contribution in [3.8, 4) is 0 Å². The molecule has 1 fully saturated rings. The lowest BCUT2D eigenvalue weighted by Crippen LogP contribution is -2.42. The Labute approximate surface area is 126 Å². The van der Waals surface area contributed by atoms with E-state index in [1.54, 1.807) is 0 Å². The lowest BCUT2D eigenvalue weighted by atomic mass is 9.84. The summed E-state index contributed by atoms with van der Waals surface area (Å²) < 4.78 is 0. The number of hydroxylamine groups is 1. The van der Waals surface area contributed by atoms with Gasteiger partial charge in [-0.25, -0.2) is 0 Å². The molecule has 6 heteroatoms. The van der Waals surface area contributed by atoms with Gasteiger partial charge >= 0.3 is 0 Å². The van der Waals surface area contributed by atoms with Crippen molar-refractivity contribution in [3.63, 3.8) is 0 Å². The van der Waals surface area contributed by atoms with Gasteiger partial charge in [0.1, 0.15) is 0 Å². The van der Waals surface area contributed by atoms with Crippen LogP contribution in [-0.2, 0) is 9.59 Å². The Morgan fingerprint density at radius 1 is 1.29 bits per heavy atom. The molecule has 0 spiro atoms. The number of allylic oxidation sites excluding steroid dienone is 1. The molecule has 2 amide bonds. The van der Waals surface area contributed by atoms with Gasteiger partial charge in [-0.05, 0) is 25.2 Å². The summed E-state index contributed by atoms with van der Waals surface area (Å²) in [6.07, 6.45) is 2.71. The van der Waals surface area contributed by atoms with Crippen LogP contribution < -0.4 is 16.1 Å². The first-order valence-electron chi connectivity index (χ1n) is 7.51. The maximum atomic E-state index is 12.3. The summed E-state index contributed by atoms with van der Waals surface area (Å²) in [5.74, 6) is -0.552. The van der Waals surface area contributed by atoms with Crippen LogP contribution in [0.1, 0.15) is 40.0 Å². The van der Waals surface area contributed by atoms with Gasteiger partial charge in [0.05, 0.1) is 6.54 Å². The third-order valence-electron chi connectivity index (χ3n) is 3.72. The molecule has 0 unspecified atom stereocenters. The molecule has 0 aromatic carbocycles. The Hall–Kier alpha value is -1.56. The molecule has 0 saturated heterocycles. The van der Waals surface area contributed by atoms with Crippen molar-refractivity contribution in [1.82, 2.24) is 16.1 Å². The number of amides is 2. The van der Waals surface area contributed by atoms with E-state index in [4.69, 9.17) is 5.21 Å². The third kappa shape index (κ3) is 6.16. The molecule has 0 radical (unpaired) electrons. The molecule has 1 aliphatic rings. The zero-order chi connectivity index (χ0) is 16.0. The van der Waals surface area contributed by atoms with Crippen molar-refractivity contribution in [2.75, 3.05) is 6.54 Å². The quantitative estimate of drug-likeness (QED) is 0.481. The van der Waals surface area contributed by atoms with E-state index in [0.717, 1.165) is 12.8 Å². The molecule has 1 aliphatic carbocycles. The van der Waals surface area contributed by atoms with Crippen molar-refractivity contribution < 1.29 is 14.8 Å². The molecule has 6 nitrogen and oxygen atoms in total. The maximum Gasteiger partial charge on any atom is 0.239 e. The number of nitrogens with one attached hydrogen (secondary N) is 3. The topological polar surface area (TPSA) is 90.5 Å². The zero-order valence-electron chi connectivity index (χ0n) is 13.1. The average Bonchev–Trinajstić information content (AvgIpc) is 3.24. The van der Waals surface area contributed by atoms with Gasteiger partial charge in [0.25, 0.3) is 0 Å². The van der Waals surface area contributed by atoms with E-state index in [-0.39, 0.29) is 36.2 Å². The highest BCUT2D eigenvalue weighted by Crippen LogP contribution is 2.24. The summed E-state index contributed by atoms with van der Waals surface area (Å²) in [7, 11) is 0. The van der Waals surface area contributed by atoms with Gasteiger partial charge < -0.3 is 10.6 Å². The number of carbonyl (C=O) groups is 2. The number of rotatable bonds is 9. The highest BCUT2D eigenvalue weighted by atomic mass is 16.5. The van der Waals surface area contributed by atoms with Gasteiger partial charge in [0.2, 0.25) is 11.8 Å². The minimum atomic E-state index is -0.328. The molecule has 0 bridgehead atoms. The van der Waals surface area contributed by atoms with Crippen LogP contribution in [0.4, 0.5) is 0 Å². The van der Waals surface area contributed by atoms with Crippen molar-refractivity contribution in [2.45, 2.75) is 46.1 Å². The Morgan fingerprint density at radius 2 is 1.90 bits per heavy atom. The second-order valence-corrected chi connectivity index (χ2v) is 6.22. The normalized spacial score (nSPS) is 17.0. The molecule has 120 valence electrons. The van der Waals surface area contributed by atoms with Gasteiger partial charge in [-0.2, -0.15) is 0 Å². The second-order valence-electron chi connectivity index (χ2n) is 6.22. The Kier molecular flexibility index (Phi) is 6.68. The van der Waals surface area contributed by atoms with Gasteiger partial charge in [0.15, 0.2) is 0 Å². The molecular formula is C15H27N3O3. The fourth-order valence-corrected chi connectivity index (χ4v) is 2.20. The van der Waals surface area contributed by atoms with E-state index >= 15 is 0 Å². The Balaban J connectivity index is 2.52. The van der Waals surface area contributed by atoms with Crippen LogP contribution >= 0.6 is 0 Å². The largest absolute Gasteiger partial charge is 0.352 e. The summed E-state index contributed by atoms with van der Waals surface area (Å²) in [4.78, 5) is 23.9. The summed E-state index contributed by atoms with van der Waals surface area (Å²) in [5.41, 5.74) is 2.42. The van der Waals surface area contributed by atoms with E-state index in [2.05, 4.69) is 17.2 Å². The van der Waals surface area contributed by atoms with E-state index in [0.29, 0.717) is 18.0 Å². The molecule has 1 saturated carbocycles. The van der Waals surface area contributed by atoms with Crippen LogP contribution in [0.3, 0.4) is 0 Å². The highest BCUT2D eigenvalue weighted by Gasteiger charge is 2.29. The van der Waals surface area contributed by atoms with Crippen molar-refractivity contribution >= 4 is 11.8 Å². The molecular weight excluding hydrogens is 270 g/mol. The Morgan fingerprint density at radius 3 is 2.38 bits per heavy atom. The fraction of sp³-hybridized carbons (Fsp3) is 0.733. The second kappa shape index (κ2) is 8.02. The molecule has 0 aliphatic heterocycles. The molecule has 1 rings (SSSR count). The van der Waals surface area contributed by atoms with E-state index in [1.165, 1.54) is 0 Å². The van der Waals surface area contributed by atoms with Crippen molar-refractivity contribution in [3.05, 3.63) is 12.3 Å². The molecule has 0 aromatic rings. The number of hydrogen-bond acceptors (Lipinski definition) is 4. The number of hydrogen-bond donors (Lipinski definition) is 4. The molecule has 0 heterocycles. The van der Waals surface area contributed by atoms with Gasteiger partial charge in [-0.15, -0.1) is 0 Å². The molecule has 0 aromatic heterocycles. The first-order chi connectivity index (χ1) is 9.85. The third-order valence-corrected chi connectivity index (χ3v) is 3.72. The SMILES string of the molecule is C=C(NO)[C@H](C)[C@@H](CC(C)C)C(=O)NCC(=O)NC1CC1. The molecule has 2 atom stereocenters. The van der Waals surface area contributed by atoms with Gasteiger partial charge in [-0.1, -0.05) is 27.4 Å². The first-order valence-corrected chi connectivity index (χ1v) is 7.51. The number of carbonyl (C=O) groups excluding carboxylic acids is 2. The predicted octanol–water partition coefficient (Wildman–Crippen LogP) is 1.17. The van der Waals surface area contributed by atoms with E-state index < -0.39 is 0 Å². The standard InChI is InChI=1S/C15H27N3O3/c1-9(2)7-13(10(3)11(4)18-21)15(20)16-8-14(19)17-12-5-6-12/h9-10,12-13,18,21H,4-8H2,1-3H3,(H,16,20)(H,17,19)/t10-,13+/m0/s1. The monoisotopic (exact) mass is 297 g/mol. The lowest BCUT2D eigenvalue weighted by molar-refractivity contribution is -0.130. The van der Waals surface area contributed by atoms with Crippen LogP contribution in [-0.4, -0.2) is 29.6 Å². The van der Waals surface area contributed by atoms with Crippen molar-refractivity contribution in [2.24, 2.45) is 17.8 Å². The summed E-state index contributed by atoms with van der Waals surface area (Å²) in [6, 6.07) is 0.290. The predicted molar refractivity (Wildman–Crippen MR) is 80.3 cm³/mol. The van der Waals surface area contributed by atoms with Gasteiger partial charge in [0, 0.05) is 23.6 Å². The smallest absolute Gasteiger partial charge is 0.239 e. The summed E-state index contributed by atoms with van der Waals surface area (Å²) in [6.45, 7) is 9.60. The van der Waals surface area contributed by atoms with Crippen LogP contribution in [0.2, 0.25) is 0 Å². The highest BCUT2D eigenvalue weighted by molar-refractivity contribution is 5.86. The molecule has 21 heavy (non-hydrogen) atoms. The Bertz CT molecular complexity index is 392. The van der Waals surface area contributed by atoms with E-state index in [1.807, 2.05) is 26.3 Å². The van der Waals surface area contributed by atoms with Crippen LogP contribution in [0.25, 0.3) is 0 Å². The van der Waals surface area contributed by atoms with Crippen LogP contribution in [0.15, 0.2) is 12.3 Å². The summed E-state index contributed by atoms with van der Waals surface area (Å²) in [5, 5.41) is 14.5. The van der Waals surface area contributed by atoms with Crippen molar-refractivity contribution in [1.29, 1.82) is 0 Å². The average molecular weight is 297 g/mol. The summed E-state index contributed by atoms with van der Waals surface area (Å²) >= 11 is 0. The lowest BCUT2D eigenvalue weighted by Gasteiger charge is -2.25. The van der Waals surface area contributed by atoms with Gasteiger partial charge in [-0.3, -0.25) is 20.3 Å². The van der Waals surface area contributed by atoms with Crippen LogP contribution in [0.5, 0.6) is 0 Å². The zero-order valence-corrected chi connectivity index (χ0v) is 13.1. The fourth-order valence-electron chi connectivity index (χ4n) is 2.20. The maximum absolute atomic E-state index is 12.3. The van der Waals surface area contributed by atoms with E-state index in [9.17, 15) is 9.59 Å². The first kappa shape index (κ1) is 17.5. The minimum Gasteiger partial charge on any atom is -0.352 e.